The maximum atomic E-state index is 5.98. The molecule has 1 unspecified atom stereocenters. The molecule has 1 aliphatic rings. The van der Waals surface area contributed by atoms with Gasteiger partial charge in [-0.15, -0.1) is 0 Å². The Balaban J connectivity index is 2.74. The van der Waals surface area contributed by atoms with E-state index in [0.717, 1.165) is 0 Å². The smallest absolute Gasteiger partial charge is 0.213 e. The predicted molar refractivity (Wildman–Crippen MR) is 51.0 cm³/mol. The molecule has 1 atom stereocenters. The SMILES string of the molecule is CC1=CCCC(C)O[Si]1(C)C. The minimum atomic E-state index is -1.45. The van der Waals surface area contributed by atoms with Gasteiger partial charge in [0.05, 0.1) is 0 Å². The van der Waals surface area contributed by atoms with Crippen LogP contribution in [0.2, 0.25) is 13.1 Å². The van der Waals surface area contributed by atoms with Gasteiger partial charge in [0.15, 0.2) is 0 Å². The van der Waals surface area contributed by atoms with Crippen molar-refractivity contribution in [2.24, 2.45) is 0 Å². The average molecular weight is 170 g/mol. The molecule has 0 radical (unpaired) electrons. The van der Waals surface area contributed by atoms with Gasteiger partial charge in [0.2, 0.25) is 8.32 Å². The van der Waals surface area contributed by atoms with Crippen molar-refractivity contribution in [3.8, 4) is 0 Å². The quantitative estimate of drug-likeness (QED) is 0.508. The highest BCUT2D eigenvalue weighted by Gasteiger charge is 2.28. The Hall–Kier alpha value is -0.0831. The van der Waals surface area contributed by atoms with E-state index in [4.69, 9.17) is 4.43 Å². The highest BCUT2D eigenvalue weighted by atomic mass is 28.4. The minimum absolute atomic E-state index is 0.463. The van der Waals surface area contributed by atoms with Gasteiger partial charge < -0.3 is 4.43 Å². The monoisotopic (exact) mass is 170 g/mol. The van der Waals surface area contributed by atoms with E-state index in [2.05, 4.69) is 33.0 Å². The highest BCUT2D eigenvalue weighted by molar-refractivity contribution is 6.78. The van der Waals surface area contributed by atoms with Gasteiger partial charge in [-0.1, -0.05) is 11.3 Å². The first-order chi connectivity index (χ1) is 5.02. The molecule has 0 saturated heterocycles. The molecule has 1 rings (SSSR count). The normalized spacial score (nSPS) is 30.9. The first kappa shape index (κ1) is 9.01. The van der Waals surface area contributed by atoms with Gasteiger partial charge in [-0.25, -0.2) is 0 Å². The zero-order valence-corrected chi connectivity index (χ0v) is 8.98. The van der Waals surface area contributed by atoms with Crippen LogP contribution in [0, 0.1) is 0 Å². The Morgan fingerprint density at radius 2 is 2.18 bits per heavy atom. The Bertz CT molecular complexity index is 172. The molecule has 0 aromatic rings. The van der Waals surface area contributed by atoms with Gasteiger partial charge in [0.25, 0.3) is 0 Å². The fourth-order valence-corrected chi connectivity index (χ4v) is 3.38. The summed E-state index contributed by atoms with van der Waals surface area (Å²) in [6, 6.07) is 0. The van der Waals surface area contributed by atoms with E-state index in [0.29, 0.717) is 6.10 Å². The second-order valence-corrected chi connectivity index (χ2v) is 7.95. The summed E-state index contributed by atoms with van der Waals surface area (Å²) in [4.78, 5) is 0. The number of hydrogen-bond acceptors (Lipinski definition) is 1. The van der Waals surface area contributed by atoms with Gasteiger partial charge in [-0.3, -0.25) is 0 Å². The first-order valence-corrected chi connectivity index (χ1v) is 7.28. The fourth-order valence-electron chi connectivity index (χ4n) is 1.44. The summed E-state index contributed by atoms with van der Waals surface area (Å²) in [7, 11) is -1.45. The average Bonchev–Trinajstić information content (AvgIpc) is 1.93. The van der Waals surface area contributed by atoms with Gasteiger partial charge >= 0.3 is 0 Å². The summed E-state index contributed by atoms with van der Waals surface area (Å²) in [5.74, 6) is 0. The van der Waals surface area contributed by atoms with E-state index in [1.165, 1.54) is 18.0 Å². The highest BCUT2D eigenvalue weighted by Crippen LogP contribution is 2.23. The summed E-state index contributed by atoms with van der Waals surface area (Å²) < 4.78 is 5.98. The van der Waals surface area contributed by atoms with Crippen LogP contribution in [-0.4, -0.2) is 14.4 Å². The molecule has 1 nitrogen and oxygen atoms in total. The van der Waals surface area contributed by atoms with Crippen molar-refractivity contribution in [3.05, 3.63) is 11.3 Å². The van der Waals surface area contributed by atoms with Crippen LogP contribution in [0.25, 0.3) is 0 Å². The van der Waals surface area contributed by atoms with Crippen LogP contribution in [0.5, 0.6) is 0 Å². The van der Waals surface area contributed by atoms with Crippen LogP contribution in [0.3, 0.4) is 0 Å². The molecule has 64 valence electrons. The Labute approximate surface area is 70.6 Å². The number of allylic oxidation sites excluding steroid dienone is 2. The third-order valence-electron chi connectivity index (χ3n) is 2.47. The van der Waals surface area contributed by atoms with Crippen LogP contribution in [-0.2, 0) is 4.43 Å². The topological polar surface area (TPSA) is 9.23 Å². The molecule has 0 bridgehead atoms. The lowest BCUT2D eigenvalue weighted by molar-refractivity contribution is 0.209. The molecular weight excluding hydrogens is 152 g/mol. The van der Waals surface area contributed by atoms with Crippen molar-refractivity contribution in [1.82, 2.24) is 0 Å². The van der Waals surface area contributed by atoms with Crippen molar-refractivity contribution in [2.45, 2.75) is 45.9 Å². The summed E-state index contributed by atoms with van der Waals surface area (Å²) in [6.45, 7) is 8.95. The van der Waals surface area contributed by atoms with Gasteiger partial charge in [0.1, 0.15) is 0 Å². The number of rotatable bonds is 0. The molecule has 0 aromatic heterocycles. The fraction of sp³-hybridized carbons (Fsp3) is 0.778. The van der Waals surface area contributed by atoms with Gasteiger partial charge in [-0.05, 0) is 39.8 Å². The standard InChI is InChI=1S/C9H18OSi/c1-8-6-5-7-9(2)11(3,4)10-8/h7-8H,5-6H2,1-4H3. The molecule has 11 heavy (non-hydrogen) atoms. The van der Waals surface area contributed by atoms with Crippen LogP contribution in [0.1, 0.15) is 26.7 Å². The van der Waals surface area contributed by atoms with Gasteiger partial charge in [0, 0.05) is 6.10 Å². The maximum absolute atomic E-state index is 5.98. The van der Waals surface area contributed by atoms with Crippen molar-refractivity contribution < 1.29 is 4.43 Å². The van der Waals surface area contributed by atoms with Crippen LogP contribution >= 0.6 is 0 Å². The largest absolute Gasteiger partial charge is 0.411 e. The molecule has 0 amide bonds. The Kier molecular flexibility index (Phi) is 2.55. The van der Waals surface area contributed by atoms with E-state index >= 15 is 0 Å². The third-order valence-corrected chi connectivity index (χ3v) is 5.56. The van der Waals surface area contributed by atoms with E-state index in [-0.39, 0.29) is 0 Å². The lowest BCUT2D eigenvalue weighted by Crippen LogP contribution is -2.34. The molecule has 2 heteroatoms. The molecule has 0 aromatic carbocycles. The molecule has 0 aliphatic carbocycles. The summed E-state index contributed by atoms with van der Waals surface area (Å²) in [5.41, 5.74) is 0. The van der Waals surface area contributed by atoms with Crippen LogP contribution in [0.4, 0.5) is 0 Å². The van der Waals surface area contributed by atoms with Crippen molar-refractivity contribution >= 4 is 8.32 Å². The second kappa shape index (κ2) is 3.11. The first-order valence-electron chi connectivity index (χ1n) is 4.37. The minimum Gasteiger partial charge on any atom is -0.411 e. The molecule has 1 aliphatic heterocycles. The van der Waals surface area contributed by atoms with Crippen LogP contribution in [0.15, 0.2) is 11.3 Å². The van der Waals surface area contributed by atoms with Gasteiger partial charge in [-0.2, -0.15) is 0 Å². The number of hydrogen-bond donors (Lipinski definition) is 0. The van der Waals surface area contributed by atoms with E-state index in [9.17, 15) is 0 Å². The van der Waals surface area contributed by atoms with Crippen molar-refractivity contribution in [3.63, 3.8) is 0 Å². The molecule has 0 spiro atoms. The van der Waals surface area contributed by atoms with Crippen LogP contribution < -0.4 is 0 Å². The van der Waals surface area contributed by atoms with Crippen molar-refractivity contribution in [1.29, 1.82) is 0 Å². The zero-order chi connectivity index (χ0) is 8.48. The predicted octanol–water partition coefficient (Wildman–Crippen LogP) is 2.88. The lowest BCUT2D eigenvalue weighted by atomic mass is 10.2. The molecule has 1 heterocycles. The summed E-state index contributed by atoms with van der Waals surface area (Å²) in [6.07, 6.45) is 5.21. The van der Waals surface area contributed by atoms with E-state index in [1.807, 2.05) is 0 Å². The summed E-state index contributed by atoms with van der Waals surface area (Å²) in [5, 5.41) is 1.50. The summed E-state index contributed by atoms with van der Waals surface area (Å²) >= 11 is 0. The van der Waals surface area contributed by atoms with Crippen molar-refractivity contribution in [2.75, 3.05) is 0 Å². The lowest BCUT2D eigenvalue weighted by Gasteiger charge is -2.25. The molecule has 0 saturated carbocycles. The second-order valence-electron chi connectivity index (χ2n) is 3.90. The van der Waals surface area contributed by atoms with E-state index < -0.39 is 8.32 Å². The zero-order valence-electron chi connectivity index (χ0n) is 7.98. The maximum Gasteiger partial charge on any atom is 0.213 e. The molecule has 0 N–H and O–H groups in total. The molecular formula is C9H18OSi. The van der Waals surface area contributed by atoms with E-state index in [1.54, 1.807) is 0 Å². The Morgan fingerprint density at radius 3 is 2.82 bits per heavy atom. The Morgan fingerprint density at radius 1 is 1.55 bits per heavy atom. The third kappa shape index (κ3) is 2.17. The molecule has 0 fully saturated rings.